The monoisotopic (exact) mass is 828 g/mol. The molecule has 0 saturated heterocycles. The van der Waals surface area contributed by atoms with Crippen LogP contribution in [0.25, 0.3) is 22.3 Å². The highest BCUT2D eigenvalue weighted by Gasteiger charge is 2.55. The van der Waals surface area contributed by atoms with Crippen molar-refractivity contribution in [2.24, 2.45) is 9.98 Å². The predicted octanol–water partition coefficient (Wildman–Crippen LogP) is 5.13. The van der Waals surface area contributed by atoms with E-state index in [0.29, 0.717) is 12.8 Å². The number of hydrogen-bond donors (Lipinski definition) is 2. The summed E-state index contributed by atoms with van der Waals surface area (Å²) in [5.74, 6) is 0. The Morgan fingerprint density at radius 3 is 1.17 bits per heavy atom. The first-order chi connectivity index (χ1) is 29.2. The second-order valence-corrected chi connectivity index (χ2v) is 16.8. The quantitative estimate of drug-likeness (QED) is 0.132. The highest BCUT2D eigenvalue weighted by molar-refractivity contribution is 7.63. The summed E-state index contributed by atoms with van der Waals surface area (Å²) in [5.41, 5.74) is 12.6. The van der Waals surface area contributed by atoms with Crippen molar-refractivity contribution in [3.05, 3.63) is 226 Å². The van der Waals surface area contributed by atoms with E-state index >= 15 is 0 Å². The van der Waals surface area contributed by atoms with E-state index in [2.05, 4.69) is 154 Å². The molecule has 6 heterocycles. The Hall–Kier alpha value is -5.96. The molecule has 60 heavy (non-hydrogen) atoms. The number of aliphatic imine (C=N–C) groups is 2. The normalized spacial score (nSPS) is 15.9. The summed E-state index contributed by atoms with van der Waals surface area (Å²) in [7, 11) is -3.69. The molecule has 298 valence electrons. The van der Waals surface area contributed by atoms with Gasteiger partial charge in [-0.3, -0.25) is 0 Å². The van der Waals surface area contributed by atoms with Crippen LogP contribution in [-0.2, 0) is 9.05 Å². The van der Waals surface area contributed by atoms with E-state index in [0.717, 1.165) is 89.4 Å². The fraction of sp³-hybridized carbons (Fsp3) is 0.120. The molecule has 0 saturated carbocycles. The maximum Gasteiger partial charge on any atom is 0.497 e. The van der Waals surface area contributed by atoms with Crippen LogP contribution in [-0.4, -0.2) is 56.7 Å². The highest BCUT2D eigenvalue weighted by Crippen LogP contribution is 2.65. The molecular weight excluding hydrogens is 787 g/mol. The van der Waals surface area contributed by atoms with Gasteiger partial charge in [0, 0.05) is 35.5 Å². The lowest BCUT2D eigenvalue weighted by atomic mass is 10.0. The van der Waals surface area contributed by atoms with Crippen LogP contribution in [0.5, 0.6) is 0 Å². The fourth-order valence-electron chi connectivity index (χ4n) is 8.42. The maximum absolute atomic E-state index is 10.3. The molecule has 0 amide bonds. The number of allylic oxidation sites excluding steroid dienone is 4. The molecule has 10 rings (SSSR count). The van der Waals surface area contributed by atoms with Gasteiger partial charge in [0.2, 0.25) is 0 Å². The van der Waals surface area contributed by atoms with Crippen molar-refractivity contribution in [2.45, 2.75) is 12.8 Å². The molecule has 0 fully saturated rings. The molecule has 6 aromatic rings. The Balaban J connectivity index is 0.00000462. The lowest BCUT2D eigenvalue weighted by molar-refractivity contribution is -0.0000173. The third kappa shape index (κ3) is 6.72. The summed E-state index contributed by atoms with van der Waals surface area (Å²) < 4.78 is 19.6. The molecule has 4 aromatic carbocycles. The van der Waals surface area contributed by atoms with Crippen molar-refractivity contribution in [3.8, 4) is 0 Å². The maximum atomic E-state index is 10.3. The molecule has 0 spiro atoms. The molecule has 6 bridgehead atoms. The van der Waals surface area contributed by atoms with Gasteiger partial charge in [0.1, 0.15) is 13.2 Å². The Labute approximate surface area is 355 Å². The van der Waals surface area contributed by atoms with Crippen LogP contribution < -0.4 is 23.1 Å². The van der Waals surface area contributed by atoms with Crippen molar-refractivity contribution in [3.63, 3.8) is 0 Å². The van der Waals surface area contributed by atoms with Gasteiger partial charge in [-0.05, 0) is 83.7 Å². The smallest absolute Gasteiger partial charge is 0.497 e. The molecule has 0 atom stereocenters. The Morgan fingerprint density at radius 1 is 0.433 bits per heavy atom. The van der Waals surface area contributed by atoms with Gasteiger partial charge in [0.05, 0.1) is 44.9 Å². The van der Waals surface area contributed by atoms with Crippen LogP contribution in [0.3, 0.4) is 0 Å². The van der Waals surface area contributed by atoms with Crippen LogP contribution in [0.1, 0.15) is 46.5 Å². The summed E-state index contributed by atoms with van der Waals surface area (Å²) in [6, 6.07) is 50.1. The first-order valence-corrected chi connectivity index (χ1v) is 21.6. The van der Waals surface area contributed by atoms with E-state index in [9.17, 15) is 10.2 Å². The van der Waals surface area contributed by atoms with Gasteiger partial charge in [-0.1, -0.05) is 121 Å². The summed E-state index contributed by atoms with van der Waals surface area (Å²) in [4.78, 5) is 11.0. The minimum Gasteiger partial charge on any atom is -1.00 e. The zero-order valence-corrected chi connectivity index (χ0v) is 34.4. The molecule has 0 unspecified atom stereocenters. The summed E-state index contributed by atoms with van der Waals surface area (Å²) in [6.45, 7) is 0.282. The second kappa shape index (κ2) is 17.0. The number of fused-ring (bicyclic) bond motifs is 2. The molecule has 2 aromatic heterocycles. The lowest BCUT2D eigenvalue weighted by Gasteiger charge is -2.30. The van der Waals surface area contributed by atoms with Gasteiger partial charge >= 0.3 is 8.02 Å². The molecule has 10 heteroatoms. The average Bonchev–Trinajstić information content (AvgIpc) is 4.12. The number of aliphatic hydroxyl groups is 2. The zero-order chi connectivity index (χ0) is 39.8. The van der Waals surface area contributed by atoms with Gasteiger partial charge < -0.3 is 22.6 Å². The number of hydrogen-bond acceptors (Lipinski definition) is 6. The number of aliphatic hydroxyl groups excluding tert-OH is 2. The van der Waals surface area contributed by atoms with Gasteiger partial charge in [-0.15, -0.1) is 8.68 Å². The largest absolute Gasteiger partial charge is 1.00 e. The van der Waals surface area contributed by atoms with E-state index < -0.39 is 8.02 Å². The Kier molecular flexibility index (Phi) is 11.2. The van der Waals surface area contributed by atoms with Gasteiger partial charge in [0.15, 0.2) is 0 Å². The SMILES string of the molecule is OCCCO[P+]1(OCCCO)n2c3ccc2C(c2ccccc2)=C2C=CC(=N2)C(c2ccccc2)=c2ccc(n21)=C(c1ccccc1)C1=NC(=C3c2ccccc2)C=C1.[Cl-]. The molecule has 0 radical (unpaired) electrons. The molecular formula is C50H42ClN4O4P. The van der Waals surface area contributed by atoms with Crippen molar-refractivity contribution >= 4 is 41.7 Å². The van der Waals surface area contributed by atoms with E-state index in [4.69, 9.17) is 19.0 Å². The standard InChI is InChI=1S/C50H42N4O4P.ClH/c55-31-13-33-57-59(58-34-14-32-56)53-43-27-28-44(53)49(37-19-9-3-10-20-37)41-25-26-42(52-41)50(38-21-11-4-12-22-38)46-30-29-45(54(46)59)48(36-17-7-2-8-18-36)40-24-23-39(51-40)47(43)35-15-5-1-6-16-35;/h1-12,15-30,55-56H,13-14,31-34H2;1H/q+1;/p-1. The third-order valence-electron chi connectivity index (χ3n) is 10.9. The van der Waals surface area contributed by atoms with E-state index in [1.807, 2.05) is 24.3 Å². The van der Waals surface area contributed by atoms with Crippen molar-refractivity contribution in [2.75, 3.05) is 26.4 Å². The average molecular weight is 829 g/mol. The van der Waals surface area contributed by atoms with Crippen molar-refractivity contribution < 1.29 is 31.7 Å². The summed E-state index contributed by atoms with van der Waals surface area (Å²) in [6.07, 6.45) is 9.22. The van der Waals surface area contributed by atoms with Gasteiger partial charge in [-0.2, -0.15) is 9.05 Å². The van der Waals surface area contributed by atoms with Crippen LogP contribution in [0.15, 0.2) is 191 Å². The van der Waals surface area contributed by atoms with Crippen molar-refractivity contribution in [1.29, 1.82) is 0 Å². The number of nitrogens with zero attached hydrogens (tertiary/aromatic N) is 4. The van der Waals surface area contributed by atoms with Crippen LogP contribution in [0.2, 0.25) is 0 Å². The van der Waals surface area contributed by atoms with Crippen LogP contribution >= 0.6 is 8.02 Å². The Morgan fingerprint density at radius 2 is 0.800 bits per heavy atom. The van der Waals surface area contributed by atoms with Gasteiger partial charge in [0.25, 0.3) is 0 Å². The molecule has 8 nitrogen and oxygen atoms in total. The molecule has 2 N–H and O–H groups in total. The fourth-order valence-corrected chi connectivity index (χ4v) is 11.6. The van der Waals surface area contributed by atoms with Crippen LogP contribution in [0, 0.1) is 0 Å². The summed E-state index contributed by atoms with van der Waals surface area (Å²) in [5, 5.41) is 22.4. The number of benzene rings is 4. The number of halogens is 1. The minimum atomic E-state index is -3.69. The van der Waals surface area contributed by atoms with E-state index in [-0.39, 0.29) is 38.8 Å². The summed E-state index contributed by atoms with van der Waals surface area (Å²) >= 11 is 0. The third-order valence-corrected chi connectivity index (χ3v) is 13.8. The first-order valence-electron chi connectivity index (χ1n) is 20.0. The van der Waals surface area contributed by atoms with Crippen molar-refractivity contribution in [1.82, 2.24) is 8.68 Å². The van der Waals surface area contributed by atoms with Crippen LogP contribution in [0.4, 0.5) is 0 Å². The number of aromatic nitrogens is 2. The molecule has 4 aliphatic heterocycles. The Bertz CT molecular complexity index is 2700. The zero-order valence-electron chi connectivity index (χ0n) is 32.7. The second-order valence-electron chi connectivity index (χ2n) is 14.5. The minimum absolute atomic E-state index is 0. The van der Waals surface area contributed by atoms with Gasteiger partial charge in [-0.25, -0.2) is 9.98 Å². The topological polar surface area (TPSA) is 93.5 Å². The lowest BCUT2D eigenvalue weighted by Crippen LogP contribution is -3.00. The number of rotatable bonds is 12. The van der Waals surface area contributed by atoms with E-state index in [1.165, 1.54) is 0 Å². The highest BCUT2D eigenvalue weighted by atomic mass is 35.5. The molecule has 4 aliphatic rings. The van der Waals surface area contributed by atoms with E-state index in [1.54, 1.807) is 0 Å². The molecule has 0 aliphatic carbocycles. The predicted molar refractivity (Wildman–Crippen MR) is 237 cm³/mol. The first kappa shape index (κ1) is 39.5.